The van der Waals surface area contributed by atoms with Gasteiger partial charge in [-0.1, -0.05) is 41.7 Å². The number of amides is 2. The number of fused-ring (bicyclic) bond motifs is 1. The average Bonchev–Trinajstić information content (AvgIpc) is 3.43. The molecule has 7 heteroatoms. The Bertz CT molecular complexity index is 1150. The molecule has 4 rings (SSSR count). The number of aromatic nitrogens is 2. The molecule has 30 heavy (non-hydrogen) atoms. The van der Waals surface area contributed by atoms with Crippen LogP contribution < -0.4 is 10.6 Å². The summed E-state index contributed by atoms with van der Waals surface area (Å²) in [4.78, 5) is 29.5. The number of carbonyl (C=O) groups is 2. The maximum Gasteiger partial charge on any atom is 0.251 e. The lowest BCUT2D eigenvalue weighted by Gasteiger charge is -2.14. The highest BCUT2D eigenvalue weighted by Gasteiger charge is 2.17. The predicted molar refractivity (Wildman–Crippen MR) is 119 cm³/mol. The fourth-order valence-electron chi connectivity index (χ4n) is 3.10. The summed E-state index contributed by atoms with van der Waals surface area (Å²) < 4.78 is 2.86. The molecule has 0 fully saturated rings. The lowest BCUT2D eigenvalue weighted by Crippen LogP contribution is -2.45. The van der Waals surface area contributed by atoms with E-state index in [9.17, 15) is 9.59 Å². The quantitative estimate of drug-likeness (QED) is 0.482. The summed E-state index contributed by atoms with van der Waals surface area (Å²) >= 11 is 1.51. The molecule has 0 unspecified atom stereocenters. The van der Waals surface area contributed by atoms with Crippen molar-refractivity contribution in [1.82, 2.24) is 20.2 Å². The number of nitrogens with one attached hydrogen (secondary N) is 2. The molecule has 0 saturated carbocycles. The van der Waals surface area contributed by atoms with Crippen LogP contribution in [0.4, 0.5) is 0 Å². The third-order valence-electron chi connectivity index (χ3n) is 4.76. The van der Waals surface area contributed by atoms with E-state index in [1.807, 2.05) is 71.6 Å². The molecule has 6 nitrogen and oxygen atoms in total. The molecule has 2 aromatic heterocycles. The highest BCUT2D eigenvalue weighted by molar-refractivity contribution is 7.20. The van der Waals surface area contributed by atoms with E-state index in [0.717, 1.165) is 27.3 Å². The van der Waals surface area contributed by atoms with Crippen LogP contribution in [0.3, 0.4) is 0 Å². The van der Waals surface area contributed by atoms with Crippen molar-refractivity contribution in [1.29, 1.82) is 0 Å². The molecular weight excluding hydrogens is 396 g/mol. The molecule has 2 heterocycles. The van der Waals surface area contributed by atoms with Crippen molar-refractivity contribution in [2.45, 2.75) is 19.4 Å². The van der Waals surface area contributed by atoms with Gasteiger partial charge in [-0.2, -0.15) is 0 Å². The Labute approximate surface area is 178 Å². The Morgan fingerprint density at radius 1 is 1.07 bits per heavy atom. The van der Waals surface area contributed by atoms with Gasteiger partial charge in [0.2, 0.25) is 5.91 Å². The lowest BCUT2D eigenvalue weighted by atomic mass is 10.1. The second kappa shape index (κ2) is 8.92. The van der Waals surface area contributed by atoms with Crippen molar-refractivity contribution < 1.29 is 9.59 Å². The van der Waals surface area contributed by atoms with E-state index in [4.69, 9.17) is 0 Å². The molecule has 0 spiro atoms. The first-order chi connectivity index (χ1) is 14.6. The summed E-state index contributed by atoms with van der Waals surface area (Å²) in [6.07, 6.45) is 4.62. The van der Waals surface area contributed by atoms with E-state index >= 15 is 0 Å². The maximum atomic E-state index is 12.6. The number of hydrogen-bond acceptors (Lipinski definition) is 4. The first-order valence-electron chi connectivity index (χ1n) is 9.76. The van der Waals surface area contributed by atoms with Crippen molar-refractivity contribution >= 4 is 33.4 Å². The Morgan fingerprint density at radius 2 is 1.83 bits per heavy atom. The van der Waals surface area contributed by atoms with Crippen LogP contribution in [0.1, 0.15) is 22.8 Å². The smallest absolute Gasteiger partial charge is 0.251 e. The molecule has 0 aliphatic carbocycles. The Kier molecular flexibility index (Phi) is 5.90. The second-order valence-corrected chi connectivity index (χ2v) is 8.00. The molecule has 2 N–H and O–H groups in total. The number of benzene rings is 2. The van der Waals surface area contributed by atoms with Crippen LogP contribution in [0.25, 0.3) is 15.3 Å². The average molecular weight is 419 g/mol. The minimum atomic E-state index is -0.624. The number of rotatable bonds is 7. The van der Waals surface area contributed by atoms with E-state index in [1.165, 1.54) is 11.3 Å². The third-order valence-corrected chi connectivity index (χ3v) is 5.79. The monoisotopic (exact) mass is 418 g/mol. The van der Waals surface area contributed by atoms with Gasteiger partial charge in [0.25, 0.3) is 5.91 Å². The molecule has 1 atom stereocenters. The van der Waals surface area contributed by atoms with E-state index in [-0.39, 0.29) is 11.8 Å². The summed E-state index contributed by atoms with van der Waals surface area (Å²) in [6.45, 7) is 2.21. The minimum absolute atomic E-state index is 0.201. The van der Waals surface area contributed by atoms with Gasteiger partial charge in [-0.25, -0.2) is 4.98 Å². The number of carbonyl (C=O) groups excluding carboxylic acids is 2. The fourth-order valence-corrected chi connectivity index (χ4v) is 4.07. The first kappa shape index (κ1) is 19.8. The summed E-state index contributed by atoms with van der Waals surface area (Å²) in [5, 5.41) is 6.49. The molecular formula is C23H22N4O2S. The fraction of sp³-hybridized carbons (Fsp3) is 0.174. The van der Waals surface area contributed by atoms with Crippen molar-refractivity contribution in [3.63, 3.8) is 0 Å². The van der Waals surface area contributed by atoms with Gasteiger partial charge in [-0.3, -0.25) is 9.59 Å². The first-order valence-corrected chi connectivity index (χ1v) is 10.6. The van der Waals surface area contributed by atoms with Gasteiger partial charge in [-0.15, -0.1) is 0 Å². The van der Waals surface area contributed by atoms with Crippen molar-refractivity contribution in [3.05, 3.63) is 84.2 Å². The number of hydrogen-bond donors (Lipinski definition) is 2. The molecule has 0 bridgehead atoms. The van der Waals surface area contributed by atoms with Crippen LogP contribution >= 0.6 is 11.3 Å². The van der Waals surface area contributed by atoms with Gasteiger partial charge >= 0.3 is 0 Å². The molecule has 0 saturated heterocycles. The molecule has 2 aromatic carbocycles. The zero-order valence-corrected chi connectivity index (χ0v) is 17.4. The maximum absolute atomic E-state index is 12.6. The van der Waals surface area contributed by atoms with Crippen LogP contribution in [0.5, 0.6) is 0 Å². The Morgan fingerprint density at radius 3 is 2.60 bits per heavy atom. The van der Waals surface area contributed by atoms with E-state index in [2.05, 4.69) is 15.6 Å². The third kappa shape index (κ3) is 4.58. The predicted octanol–water partition coefficient (Wildman–Crippen LogP) is 3.56. The van der Waals surface area contributed by atoms with Gasteiger partial charge in [0, 0.05) is 24.5 Å². The van der Waals surface area contributed by atoms with Gasteiger partial charge in [0.05, 0.1) is 10.2 Å². The van der Waals surface area contributed by atoms with E-state index in [1.54, 1.807) is 13.0 Å². The summed E-state index contributed by atoms with van der Waals surface area (Å²) in [5.41, 5.74) is 2.51. The number of nitrogens with zero attached hydrogens (tertiary/aromatic N) is 2. The normalized spacial score (nSPS) is 11.9. The van der Waals surface area contributed by atoms with Crippen LogP contribution in [-0.2, 0) is 11.2 Å². The van der Waals surface area contributed by atoms with Gasteiger partial charge in [0.1, 0.15) is 6.04 Å². The highest BCUT2D eigenvalue weighted by atomic mass is 32.1. The summed E-state index contributed by atoms with van der Waals surface area (Å²) in [7, 11) is 0. The van der Waals surface area contributed by atoms with Crippen molar-refractivity contribution in [2.24, 2.45) is 0 Å². The molecule has 4 aromatic rings. The summed E-state index contributed by atoms with van der Waals surface area (Å²) in [6, 6.07) is 18.6. The van der Waals surface area contributed by atoms with Crippen LogP contribution in [0, 0.1) is 0 Å². The van der Waals surface area contributed by atoms with Gasteiger partial charge in [0.15, 0.2) is 5.13 Å². The standard InChI is InChI=1S/C23H22N4O2S/c1-16(21(28)24-12-11-17-7-3-2-4-8-17)25-22(29)18-9-10-19-20(15-18)30-23(26-19)27-13-5-6-14-27/h2-10,13-16H,11-12H2,1H3,(H,24,28)(H,25,29)/t16-/m0/s1. The lowest BCUT2D eigenvalue weighted by molar-refractivity contribution is -0.122. The SMILES string of the molecule is C[C@H](NC(=O)c1ccc2nc(-n3cccc3)sc2c1)C(=O)NCCc1ccccc1. The molecule has 0 radical (unpaired) electrons. The Hall–Kier alpha value is -3.45. The van der Waals surface area contributed by atoms with Crippen LogP contribution in [0.15, 0.2) is 73.1 Å². The largest absolute Gasteiger partial charge is 0.354 e. The molecule has 0 aliphatic rings. The van der Waals surface area contributed by atoms with Gasteiger partial charge in [-0.05, 0) is 49.2 Å². The van der Waals surface area contributed by atoms with Crippen LogP contribution in [-0.4, -0.2) is 34.0 Å². The Balaban J connectivity index is 1.35. The van der Waals surface area contributed by atoms with E-state index < -0.39 is 6.04 Å². The highest BCUT2D eigenvalue weighted by Crippen LogP contribution is 2.26. The molecule has 0 aliphatic heterocycles. The minimum Gasteiger partial charge on any atom is -0.354 e. The molecule has 152 valence electrons. The van der Waals surface area contributed by atoms with Crippen molar-refractivity contribution in [2.75, 3.05) is 6.54 Å². The van der Waals surface area contributed by atoms with Crippen LogP contribution in [0.2, 0.25) is 0 Å². The zero-order valence-electron chi connectivity index (χ0n) is 16.5. The zero-order chi connectivity index (χ0) is 20.9. The summed E-state index contributed by atoms with van der Waals surface area (Å²) in [5.74, 6) is -0.480. The second-order valence-electron chi connectivity index (χ2n) is 6.99. The molecule has 2 amide bonds. The topological polar surface area (TPSA) is 76.0 Å². The van der Waals surface area contributed by atoms with Gasteiger partial charge < -0.3 is 15.2 Å². The van der Waals surface area contributed by atoms with Crippen molar-refractivity contribution in [3.8, 4) is 5.13 Å². The number of thiazole rings is 1. The van der Waals surface area contributed by atoms with E-state index in [0.29, 0.717) is 12.1 Å².